The van der Waals surface area contributed by atoms with Gasteiger partial charge >= 0.3 is 187 Å². The summed E-state index contributed by atoms with van der Waals surface area (Å²) in [5.41, 5.74) is 15.5. The van der Waals surface area contributed by atoms with Gasteiger partial charge in [-0.15, -0.1) is 0 Å². The van der Waals surface area contributed by atoms with Crippen LogP contribution in [0.5, 0.6) is 0 Å². The van der Waals surface area contributed by atoms with Gasteiger partial charge in [-0.05, 0) is 0 Å². The van der Waals surface area contributed by atoms with E-state index in [4.69, 9.17) is 0 Å². The Morgan fingerprint density at radius 3 is 1.34 bits per heavy atom. The molecule has 172 valence electrons. The Kier molecular flexibility index (Phi) is 8.12. The molecule has 0 spiro atoms. The van der Waals surface area contributed by atoms with E-state index < -0.39 is 17.4 Å². The van der Waals surface area contributed by atoms with Crippen molar-refractivity contribution in [3.63, 3.8) is 0 Å². The average molecular weight is 565 g/mol. The van der Waals surface area contributed by atoms with Gasteiger partial charge in [-0.3, -0.25) is 0 Å². The minimum absolute atomic E-state index is 0. The molecule has 0 radical (unpaired) electrons. The van der Waals surface area contributed by atoms with Crippen molar-refractivity contribution in [3.05, 3.63) is 79.9 Å². The number of aryl methyl sites for hydroxylation is 4. The fourth-order valence-electron chi connectivity index (χ4n) is 7.02. The largest absolute Gasteiger partial charge is 1.00 e. The Hall–Kier alpha value is -0.400. The van der Waals surface area contributed by atoms with Gasteiger partial charge in [0.25, 0.3) is 0 Å². The second-order valence-electron chi connectivity index (χ2n) is 11.1. The number of halogens is 2. The summed E-state index contributed by atoms with van der Waals surface area (Å²) in [7, 11) is 0. The topological polar surface area (TPSA) is 0 Å². The molecule has 4 heteroatoms. The molecule has 2 aliphatic rings. The summed E-state index contributed by atoms with van der Waals surface area (Å²) in [5, 5.41) is 0. The molecular weight excluding hydrogens is 527 g/mol. The first-order valence-electron chi connectivity index (χ1n) is 11.7. The summed E-state index contributed by atoms with van der Waals surface area (Å²) in [6.45, 7) is 16.5. The zero-order valence-electron chi connectivity index (χ0n) is 21.0. The number of allylic oxidation sites excluding steroid dienone is 2. The maximum absolute atomic E-state index is 3.32. The van der Waals surface area contributed by atoms with Crippen LogP contribution in [0.1, 0.15) is 79.5 Å². The number of hydrogen-bond donors (Lipinski definition) is 0. The van der Waals surface area contributed by atoms with Crippen molar-refractivity contribution in [1.82, 2.24) is 0 Å². The summed E-state index contributed by atoms with van der Waals surface area (Å²) in [4.78, 5) is 0. The van der Waals surface area contributed by atoms with Crippen molar-refractivity contribution in [2.75, 3.05) is 0 Å². The molecule has 0 heterocycles. The van der Waals surface area contributed by atoms with Crippen LogP contribution in [0.15, 0.2) is 35.4 Å². The zero-order chi connectivity index (χ0) is 22.0. The van der Waals surface area contributed by atoms with Crippen LogP contribution in [0, 0.1) is 13.8 Å². The molecule has 2 aliphatic carbocycles. The molecule has 0 saturated carbocycles. The minimum Gasteiger partial charge on any atom is -1.00 e. The van der Waals surface area contributed by atoms with Gasteiger partial charge in [0, 0.05) is 0 Å². The summed E-state index contributed by atoms with van der Waals surface area (Å²) in [6.07, 6.45) is 7.31. The number of benzene rings is 2. The van der Waals surface area contributed by atoms with E-state index in [0.717, 1.165) is 12.8 Å². The number of rotatable bonds is 4. The number of hydrogen-bond acceptors (Lipinski definition) is 0. The number of fused-ring (bicyclic) bond motifs is 2. The molecule has 2 aromatic rings. The maximum atomic E-state index is 2.75. The van der Waals surface area contributed by atoms with Crippen LogP contribution in [0.2, 0.25) is 9.26 Å². The predicted molar refractivity (Wildman–Crippen MR) is 134 cm³/mol. The van der Waals surface area contributed by atoms with E-state index in [-0.39, 0.29) is 24.8 Å². The van der Waals surface area contributed by atoms with Gasteiger partial charge in [0.2, 0.25) is 0 Å². The van der Waals surface area contributed by atoms with E-state index in [1.54, 1.807) is 33.4 Å². The third kappa shape index (κ3) is 4.24. The van der Waals surface area contributed by atoms with Gasteiger partial charge in [0.1, 0.15) is 0 Å². The Labute approximate surface area is 210 Å². The molecule has 0 fully saturated rings. The SMILES string of the molecule is CCc1cc(C)cc2c1C=C(C)[CH]2[Zr+2]([CH3])([CH3])(=[SiH2])[CH]1C(C)=Cc2c(CC)cc(C)cc21.[Cl-].[Cl-]. The molecule has 32 heavy (non-hydrogen) atoms. The maximum Gasteiger partial charge on any atom is -1.00 e. The zero-order valence-corrected chi connectivity index (χ0v) is 26.4. The third-order valence-electron chi connectivity index (χ3n) is 7.82. The predicted octanol–water partition coefficient (Wildman–Crippen LogP) is 1.39. The smallest absolute Gasteiger partial charge is 1.00 e. The van der Waals surface area contributed by atoms with Crippen molar-refractivity contribution in [3.8, 4) is 0 Å². The van der Waals surface area contributed by atoms with E-state index in [0.29, 0.717) is 7.25 Å². The molecule has 0 saturated heterocycles. The molecular formula is C28H38Cl2SiZr. The Morgan fingerprint density at radius 1 is 0.688 bits per heavy atom. The third-order valence-corrected chi connectivity index (χ3v) is 25.7. The molecule has 0 aromatic heterocycles. The monoisotopic (exact) mass is 562 g/mol. The summed E-state index contributed by atoms with van der Waals surface area (Å²) < 4.78 is 6.76. The van der Waals surface area contributed by atoms with Gasteiger partial charge < -0.3 is 24.8 Å². The van der Waals surface area contributed by atoms with Crippen molar-refractivity contribution < 1.29 is 42.2 Å². The molecule has 0 N–H and O–H groups in total. The van der Waals surface area contributed by atoms with Crippen molar-refractivity contribution in [1.29, 1.82) is 0 Å². The van der Waals surface area contributed by atoms with E-state index in [1.807, 2.05) is 0 Å². The van der Waals surface area contributed by atoms with Gasteiger partial charge in [0.05, 0.1) is 0 Å². The molecule has 0 bridgehead atoms. The van der Waals surface area contributed by atoms with E-state index >= 15 is 0 Å². The van der Waals surface area contributed by atoms with Crippen LogP contribution < -0.4 is 24.8 Å². The molecule has 0 nitrogen and oxygen atoms in total. The van der Waals surface area contributed by atoms with E-state index in [9.17, 15) is 0 Å². The normalized spacial score (nSPS) is 18.6. The van der Waals surface area contributed by atoms with Gasteiger partial charge in [0.15, 0.2) is 0 Å². The van der Waals surface area contributed by atoms with Crippen molar-refractivity contribution in [2.24, 2.45) is 0 Å². The first-order valence-corrected chi connectivity index (χ1v) is 25.3. The minimum atomic E-state index is -3.32. The van der Waals surface area contributed by atoms with Gasteiger partial charge in [-0.25, -0.2) is 0 Å². The fourth-order valence-corrected chi connectivity index (χ4v) is 28.2. The molecule has 2 atom stereocenters. The molecule has 2 unspecified atom stereocenters. The van der Waals surface area contributed by atoms with Crippen LogP contribution in [-0.2, 0) is 30.2 Å². The quantitative estimate of drug-likeness (QED) is 0.493. The van der Waals surface area contributed by atoms with Crippen molar-refractivity contribution >= 4 is 19.0 Å². The first kappa shape index (κ1) is 27.8. The van der Waals surface area contributed by atoms with E-state index in [1.165, 1.54) is 22.3 Å². The van der Waals surface area contributed by atoms with Crippen LogP contribution in [0.4, 0.5) is 0 Å². The Morgan fingerprint density at radius 2 is 1.03 bits per heavy atom. The fraction of sp³-hybridized carbons (Fsp3) is 0.429. The van der Waals surface area contributed by atoms with Crippen molar-refractivity contribution in [2.45, 2.75) is 70.9 Å². The second kappa shape index (κ2) is 9.33. The van der Waals surface area contributed by atoms with E-state index in [2.05, 4.69) is 94.1 Å². The summed E-state index contributed by atoms with van der Waals surface area (Å²) in [6, 6.07) is 9.85. The summed E-state index contributed by atoms with van der Waals surface area (Å²) in [5.74, 6) is 0. The van der Waals surface area contributed by atoms with Crippen LogP contribution in [-0.4, -0.2) is 6.88 Å². The Bertz CT molecular complexity index is 1110. The second-order valence-corrected chi connectivity index (χ2v) is 41.6. The first-order chi connectivity index (χ1) is 14.0. The van der Waals surface area contributed by atoms with Crippen LogP contribution in [0.3, 0.4) is 0 Å². The molecule has 4 rings (SSSR count). The molecule has 0 aliphatic heterocycles. The molecule has 0 amide bonds. The van der Waals surface area contributed by atoms with Crippen LogP contribution >= 0.6 is 0 Å². The average Bonchev–Trinajstić information content (AvgIpc) is 3.16. The van der Waals surface area contributed by atoms with Gasteiger partial charge in [-0.1, -0.05) is 0 Å². The van der Waals surface area contributed by atoms with Gasteiger partial charge in [-0.2, -0.15) is 0 Å². The Balaban J connectivity index is 0.00000181. The summed E-state index contributed by atoms with van der Waals surface area (Å²) >= 11 is -3.32. The van der Waals surface area contributed by atoms with Crippen LogP contribution in [0.25, 0.3) is 12.2 Å². The standard InChI is InChI=1S/2C13H15.2CH3.2ClH.H2Si.Zr/c2*1-4-11-5-9(2)6-12-7-10(3)8-13(11)12;;;;;;/h2*5-8H,4H2,1-3H3;2*1H3;2*1H;1H2;/q;;;;;;;+2/p-2. The molecule has 2 aromatic carbocycles.